The second kappa shape index (κ2) is 3.92. The molecule has 13 heavy (non-hydrogen) atoms. The first-order valence-electron chi connectivity index (χ1n) is 4.06. The Morgan fingerprint density at radius 1 is 1.31 bits per heavy atom. The van der Waals surface area contributed by atoms with Crippen molar-refractivity contribution in [3.8, 4) is 0 Å². The lowest BCUT2D eigenvalue weighted by Gasteiger charge is -2.17. The van der Waals surface area contributed by atoms with Crippen LogP contribution in [-0.4, -0.2) is 5.91 Å². The maximum Gasteiger partial charge on any atom is 0.233 e. The minimum atomic E-state index is -0.0163. The Hall–Kier alpha value is -0.830. The van der Waals surface area contributed by atoms with Crippen LogP contribution < -0.4 is 3.93 Å². The summed E-state index contributed by atoms with van der Waals surface area (Å²) in [5.74, 6) is -0.0163. The number of nitrogens with zero attached hydrogens (tertiary/aromatic N) is 1. The van der Waals surface area contributed by atoms with Crippen LogP contribution in [0, 0.1) is 13.8 Å². The summed E-state index contributed by atoms with van der Waals surface area (Å²) in [6, 6.07) is 5.95. The molecule has 0 N–H and O–H groups in total. The summed E-state index contributed by atoms with van der Waals surface area (Å²) in [5.41, 5.74) is 3.12. The highest BCUT2D eigenvalue weighted by Crippen LogP contribution is 2.26. The molecule has 0 heterocycles. The Balaban J connectivity index is 3.20. The summed E-state index contributed by atoms with van der Waals surface area (Å²) in [6.45, 7) is 5.50. The lowest BCUT2D eigenvalue weighted by atomic mass is 10.1. The third-order valence-corrected chi connectivity index (χ3v) is 2.77. The fourth-order valence-electron chi connectivity index (χ4n) is 1.27. The first-order valence-corrected chi connectivity index (χ1v) is 4.77. The van der Waals surface area contributed by atoms with E-state index < -0.39 is 0 Å². The van der Waals surface area contributed by atoms with Crippen LogP contribution in [0.25, 0.3) is 0 Å². The molecule has 0 bridgehead atoms. The number of benzene rings is 1. The van der Waals surface area contributed by atoms with E-state index in [9.17, 15) is 4.79 Å². The Labute approximate surface area is 86.9 Å². The second-order valence-corrected chi connectivity index (χ2v) is 3.75. The molecule has 2 nitrogen and oxygen atoms in total. The molecule has 1 amide bonds. The number of rotatable bonds is 1. The standard InChI is InChI=1S/C10H12BrNO/c1-7-5-4-6-8(2)10(7)12(11)9(3)13/h4-6H,1-3H3. The van der Waals surface area contributed by atoms with Crippen LogP contribution in [0.15, 0.2) is 18.2 Å². The van der Waals surface area contributed by atoms with Gasteiger partial charge in [0.1, 0.15) is 0 Å². The van der Waals surface area contributed by atoms with E-state index >= 15 is 0 Å². The first-order chi connectivity index (χ1) is 6.04. The van der Waals surface area contributed by atoms with Gasteiger partial charge in [-0.25, -0.2) is 3.93 Å². The molecule has 1 aromatic carbocycles. The topological polar surface area (TPSA) is 20.3 Å². The summed E-state index contributed by atoms with van der Waals surface area (Å²) >= 11 is 3.24. The fraction of sp³-hybridized carbons (Fsp3) is 0.300. The van der Waals surface area contributed by atoms with E-state index in [1.54, 1.807) is 0 Å². The molecule has 0 saturated carbocycles. The predicted molar refractivity (Wildman–Crippen MR) is 58.0 cm³/mol. The van der Waals surface area contributed by atoms with E-state index in [-0.39, 0.29) is 5.91 Å². The monoisotopic (exact) mass is 241 g/mol. The molecule has 0 fully saturated rings. The van der Waals surface area contributed by atoms with E-state index in [0.29, 0.717) is 0 Å². The largest absolute Gasteiger partial charge is 0.274 e. The van der Waals surface area contributed by atoms with Gasteiger partial charge in [-0.15, -0.1) is 0 Å². The van der Waals surface area contributed by atoms with Crippen LogP contribution in [0.5, 0.6) is 0 Å². The lowest BCUT2D eigenvalue weighted by Crippen LogP contribution is -2.17. The third-order valence-electron chi connectivity index (χ3n) is 1.91. The molecule has 0 aliphatic carbocycles. The second-order valence-electron chi connectivity index (χ2n) is 3.04. The normalized spacial score (nSPS) is 9.85. The zero-order valence-corrected chi connectivity index (χ0v) is 9.55. The van der Waals surface area contributed by atoms with Crippen LogP contribution in [0.4, 0.5) is 5.69 Å². The van der Waals surface area contributed by atoms with Crippen LogP contribution in [0.1, 0.15) is 18.1 Å². The molecule has 1 aromatic rings. The summed E-state index contributed by atoms with van der Waals surface area (Å²) in [7, 11) is 0. The minimum absolute atomic E-state index is 0.0163. The molecule has 1 rings (SSSR count). The molecule has 0 aromatic heterocycles. The Morgan fingerprint density at radius 2 is 1.77 bits per heavy atom. The van der Waals surface area contributed by atoms with Crippen LogP contribution in [-0.2, 0) is 4.79 Å². The van der Waals surface area contributed by atoms with Gasteiger partial charge in [0.05, 0.1) is 21.8 Å². The average molecular weight is 242 g/mol. The Morgan fingerprint density at radius 3 is 2.15 bits per heavy atom. The van der Waals surface area contributed by atoms with Crippen molar-refractivity contribution in [2.24, 2.45) is 0 Å². The minimum Gasteiger partial charge on any atom is -0.274 e. The van der Waals surface area contributed by atoms with Gasteiger partial charge in [0.2, 0.25) is 5.91 Å². The highest BCUT2D eigenvalue weighted by atomic mass is 79.9. The van der Waals surface area contributed by atoms with Crippen LogP contribution >= 0.6 is 16.1 Å². The number of anilines is 1. The number of carbonyl (C=O) groups excluding carboxylic acids is 1. The summed E-state index contributed by atoms with van der Waals surface area (Å²) < 4.78 is 1.50. The molecule has 0 radical (unpaired) electrons. The zero-order valence-electron chi connectivity index (χ0n) is 7.97. The van der Waals surface area contributed by atoms with E-state index in [1.165, 1.54) is 10.8 Å². The van der Waals surface area contributed by atoms with Gasteiger partial charge in [-0.2, -0.15) is 0 Å². The number of carbonyl (C=O) groups is 1. The molecule has 70 valence electrons. The van der Waals surface area contributed by atoms with Crippen LogP contribution in [0.3, 0.4) is 0 Å². The first kappa shape index (κ1) is 10.3. The van der Waals surface area contributed by atoms with Gasteiger partial charge in [0.15, 0.2) is 0 Å². The molecule has 0 aliphatic rings. The van der Waals surface area contributed by atoms with Gasteiger partial charge in [-0.05, 0) is 25.0 Å². The van der Waals surface area contributed by atoms with Gasteiger partial charge < -0.3 is 0 Å². The SMILES string of the molecule is CC(=O)N(Br)c1c(C)cccc1C. The predicted octanol–water partition coefficient (Wildman–Crippen LogP) is 2.97. The van der Waals surface area contributed by atoms with Crippen LogP contribution in [0.2, 0.25) is 0 Å². The average Bonchev–Trinajstić information content (AvgIpc) is 2.03. The molecule has 0 aliphatic heterocycles. The molecule has 0 atom stereocenters. The zero-order chi connectivity index (χ0) is 10.0. The highest BCUT2D eigenvalue weighted by molar-refractivity contribution is 9.10. The lowest BCUT2D eigenvalue weighted by molar-refractivity contribution is -0.115. The number of halogens is 1. The van der Waals surface area contributed by atoms with Crippen molar-refractivity contribution in [1.29, 1.82) is 0 Å². The molecular formula is C10H12BrNO. The number of aryl methyl sites for hydroxylation is 2. The van der Waals surface area contributed by atoms with Gasteiger partial charge >= 0.3 is 0 Å². The van der Waals surface area contributed by atoms with Gasteiger partial charge in [0.25, 0.3) is 0 Å². The van der Waals surface area contributed by atoms with Crippen molar-refractivity contribution in [3.05, 3.63) is 29.3 Å². The molecule has 0 unspecified atom stereocenters. The smallest absolute Gasteiger partial charge is 0.233 e. The summed E-state index contributed by atoms with van der Waals surface area (Å²) in [5, 5.41) is 0. The van der Waals surface area contributed by atoms with Gasteiger partial charge in [-0.1, -0.05) is 18.2 Å². The van der Waals surface area contributed by atoms with Crippen molar-refractivity contribution in [3.63, 3.8) is 0 Å². The van der Waals surface area contributed by atoms with Crippen molar-refractivity contribution >= 4 is 27.7 Å². The fourth-order valence-corrected chi connectivity index (χ4v) is 1.83. The van der Waals surface area contributed by atoms with E-state index in [4.69, 9.17) is 0 Å². The van der Waals surface area contributed by atoms with Gasteiger partial charge in [0, 0.05) is 6.92 Å². The molecule has 0 spiro atoms. The molecule has 3 heteroatoms. The van der Waals surface area contributed by atoms with Crippen molar-refractivity contribution < 1.29 is 4.79 Å². The molecular weight excluding hydrogens is 230 g/mol. The van der Waals surface area contributed by atoms with Crippen molar-refractivity contribution in [2.75, 3.05) is 3.93 Å². The van der Waals surface area contributed by atoms with Crippen molar-refractivity contribution in [1.82, 2.24) is 0 Å². The highest BCUT2D eigenvalue weighted by Gasteiger charge is 2.12. The maximum atomic E-state index is 11.1. The number of hydrogen-bond donors (Lipinski definition) is 0. The number of amides is 1. The van der Waals surface area contributed by atoms with E-state index in [1.807, 2.05) is 32.0 Å². The summed E-state index contributed by atoms with van der Waals surface area (Å²) in [4.78, 5) is 11.1. The maximum absolute atomic E-state index is 11.1. The quantitative estimate of drug-likeness (QED) is 0.693. The van der Waals surface area contributed by atoms with E-state index in [2.05, 4.69) is 16.1 Å². The summed E-state index contributed by atoms with van der Waals surface area (Å²) in [6.07, 6.45) is 0. The Kier molecular flexibility index (Phi) is 3.09. The van der Waals surface area contributed by atoms with E-state index in [0.717, 1.165) is 16.8 Å². The molecule has 0 saturated heterocycles. The Bertz CT molecular complexity index is 315. The van der Waals surface area contributed by atoms with Crippen molar-refractivity contribution in [2.45, 2.75) is 20.8 Å². The van der Waals surface area contributed by atoms with Gasteiger partial charge in [-0.3, -0.25) is 4.79 Å². The number of para-hydroxylation sites is 1. The third kappa shape index (κ3) is 2.10. The number of hydrogen-bond acceptors (Lipinski definition) is 1.